The highest BCUT2D eigenvalue weighted by Gasteiger charge is 2.43. The lowest BCUT2D eigenvalue weighted by atomic mass is 9.82. The largest absolute Gasteiger partial charge is 0.460 e. The van der Waals surface area contributed by atoms with Gasteiger partial charge in [0.25, 0.3) is 12.2 Å². The number of anilines is 1. The molecule has 0 aliphatic rings. The van der Waals surface area contributed by atoms with Gasteiger partial charge >= 0.3 is 12.1 Å². The highest BCUT2D eigenvalue weighted by atomic mass is 32.1. The number of thiazole rings is 1. The molecule has 56 heavy (non-hydrogen) atoms. The Balaban J connectivity index is 1.34. The zero-order chi connectivity index (χ0) is 40.8. The fourth-order valence-corrected chi connectivity index (χ4v) is 6.71. The number of pyridine rings is 1. The quantitative estimate of drug-likeness (QED) is 0.100. The number of likely N-dealkylation sites (N-methyl/N-ethyl adjacent to an activating group) is 1. The number of amides is 2. The molecular formula is C39H45F2N8O6S+. The van der Waals surface area contributed by atoms with Gasteiger partial charge in [-0.05, 0) is 64.2 Å². The molecule has 0 aliphatic heterocycles. The maximum Gasteiger partial charge on any atom is 0.418 e. The second-order valence-corrected chi connectivity index (χ2v) is 15.1. The minimum Gasteiger partial charge on any atom is -0.460 e. The van der Waals surface area contributed by atoms with Crippen molar-refractivity contribution in [2.45, 2.75) is 71.1 Å². The number of carbonyl (C=O) groups excluding carboxylic acids is 3. The van der Waals surface area contributed by atoms with Crippen molar-refractivity contribution in [3.05, 3.63) is 112 Å². The Labute approximate surface area is 327 Å². The molecule has 3 aromatic heterocycles. The summed E-state index contributed by atoms with van der Waals surface area (Å²) < 4.78 is 43.8. The van der Waals surface area contributed by atoms with Gasteiger partial charge in [0, 0.05) is 64.4 Å². The molecule has 0 fully saturated rings. The number of hydrogen-bond donors (Lipinski definition) is 3. The van der Waals surface area contributed by atoms with Crippen molar-refractivity contribution in [3.63, 3.8) is 0 Å². The molecule has 5 aromatic rings. The van der Waals surface area contributed by atoms with Gasteiger partial charge < -0.3 is 25.2 Å². The number of hydrogen-bond acceptors (Lipinski definition) is 11. The van der Waals surface area contributed by atoms with E-state index in [2.05, 4.69) is 20.7 Å². The van der Waals surface area contributed by atoms with Crippen LogP contribution in [0.4, 0.5) is 19.4 Å². The smallest absolute Gasteiger partial charge is 0.418 e. The summed E-state index contributed by atoms with van der Waals surface area (Å²) >= 11 is 1.24. The minimum atomic E-state index is -2.06. The fraction of sp³-hybridized carbons (Fsp3) is 0.359. The number of benzene rings is 2. The summed E-state index contributed by atoms with van der Waals surface area (Å²) in [6.07, 6.45) is 2.64. The minimum absolute atomic E-state index is 0.0195. The molecule has 3 heterocycles. The molecule has 2 amide bonds. The number of rotatable bonds is 14. The van der Waals surface area contributed by atoms with Crippen LogP contribution in [0.2, 0.25) is 0 Å². The summed E-state index contributed by atoms with van der Waals surface area (Å²) in [5.41, 5.74) is -0.487. The highest BCUT2D eigenvalue weighted by molar-refractivity contribution is 7.10. The zero-order valence-corrected chi connectivity index (χ0v) is 32.9. The van der Waals surface area contributed by atoms with Crippen LogP contribution in [-0.2, 0) is 33.0 Å². The van der Waals surface area contributed by atoms with Crippen LogP contribution in [0.25, 0.3) is 11.3 Å². The average molecular weight is 792 g/mol. The SMILES string of the molecule is CNCC(=O)OCc1cccnc1N(C)C(=O)OC(C)[n+]1cnn(C[C@](O)(c2cc(F)ccc2F)[C@@H](C)c2nc(-c3ccc(C(=O)NC(C)(C)C)cc3)cs2)c1. The van der Waals surface area contributed by atoms with Gasteiger partial charge in [0.1, 0.15) is 36.2 Å². The summed E-state index contributed by atoms with van der Waals surface area (Å²) in [5, 5.41) is 24.6. The van der Waals surface area contributed by atoms with E-state index in [-0.39, 0.29) is 37.0 Å². The summed E-state index contributed by atoms with van der Waals surface area (Å²) in [4.78, 5) is 47.9. The third kappa shape index (κ3) is 9.96. The first-order chi connectivity index (χ1) is 26.5. The average Bonchev–Trinajstić information content (AvgIpc) is 3.84. The summed E-state index contributed by atoms with van der Waals surface area (Å²) in [7, 11) is 3.08. The second-order valence-electron chi connectivity index (χ2n) is 14.2. The van der Waals surface area contributed by atoms with Gasteiger partial charge in [0.15, 0.2) is 0 Å². The molecule has 5 rings (SSSR count). The van der Waals surface area contributed by atoms with Crippen molar-refractivity contribution < 1.29 is 42.3 Å². The number of nitrogens with zero attached hydrogens (tertiary/aromatic N) is 6. The highest BCUT2D eigenvalue weighted by Crippen LogP contribution is 2.41. The van der Waals surface area contributed by atoms with Crippen LogP contribution in [0.5, 0.6) is 0 Å². The van der Waals surface area contributed by atoms with Crippen molar-refractivity contribution in [2.24, 2.45) is 0 Å². The number of esters is 1. The van der Waals surface area contributed by atoms with Crippen molar-refractivity contribution in [3.8, 4) is 11.3 Å². The first-order valence-corrected chi connectivity index (χ1v) is 18.5. The zero-order valence-electron chi connectivity index (χ0n) is 32.1. The lowest BCUT2D eigenvalue weighted by Gasteiger charge is -2.32. The number of halogens is 2. The van der Waals surface area contributed by atoms with E-state index < -0.39 is 47.0 Å². The Kier molecular flexibility index (Phi) is 12.9. The Morgan fingerprint density at radius 2 is 1.82 bits per heavy atom. The molecular weight excluding hydrogens is 747 g/mol. The van der Waals surface area contributed by atoms with E-state index in [9.17, 15) is 23.9 Å². The lowest BCUT2D eigenvalue weighted by molar-refractivity contribution is -0.753. The standard InChI is InChI=1S/C39H44F2N8O6S/c1-24(36-45-32(20-56-36)26-10-12-27(13-11-26)35(51)46-38(3,4)5)39(53,30-17-29(40)14-15-31(30)41)21-49-23-48(22-44-49)25(2)55-37(52)47(7)34-28(9-8-16-43-34)19-54-33(50)18-42-6/h8-17,20,22-25,42,53H,18-19,21H2,1-7H3/p+1/t24-,25?,39+/m0/s1. The number of aromatic nitrogens is 5. The molecule has 0 bridgehead atoms. The van der Waals surface area contributed by atoms with Gasteiger partial charge in [-0.2, -0.15) is 4.57 Å². The fourth-order valence-electron chi connectivity index (χ4n) is 5.74. The van der Waals surface area contributed by atoms with Gasteiger partial charge in [0.2, 0.25) is 12.6 Å². The van der Waals surface area contributed by atoms with Gasteiger partial charge in [0.05, 0.1) is 17.2 Å². The summed E-state index contributed by atoms with van der Waals surface area (Å²) in [5.74, 6) is -2.89. The number of nitrogens with one attached hydrogen (secondary N) is 2. The third-order valence-electron chi connectivity index (χ3n) is 8.80. The maximum atomic E-state index is 15.5. The van der Waals surface area contributed by atoms with Crippen molar-refractivity contribution >= 4 is 35.1 Å². The molecule has 0 saturated heterocycles. The lowest BCUT2D eigenvalue weighted by Crippen LogP contribution is -2.42. The third-order valence-corrected chi connectivity index (χ3v) is 9.83. The number of ether oxygens (including phenoxy) is 2. The molecule has 1 unspecified atom stereocenters. The molecule has 3 atom stereocenters. The van der Waals surface area contributed by atoms with Gasteiger partial charge in [-0.25, -0.2) is 23.5 Å². The van der Waals surface area contributed by atoms with E-state index >= 15 is 4.39 Å². The topological polar surface area (TPSA) is 165 Å². The van der Waals surface area contributed by atoms with Gasteiger partial charge in [-0.15, -0.1) is 16.0 Å². The van der Waals surface area contributed by atoms with E-state index in [1.807, 2.05) is 20.8 Å². The van der Waals surface area contributed by atoms with E-state index in [4.69, 9.17) is 14.5 Å². The monoisotopic (exact) mass is 791 g/mol. The van der Waals surface area contributed by atoms with Crippen LogP contribution in [0.15, 0.2) is 78.8 Å². The predicted molar refractivity (Wildman–Crippen MR) is 203 cm³/mol. The van der Waals surface area contributed by atoms with Crippen molar-refractivity contribution in [1.82, 2.24) is 30.4 Å². The van der Waals surface area contributed by atoms with E-state index in [0.717, 1.165) is 23.8 Å². The van der Waals surface area contributed by atoms with Crippen LogP contribution in [0.1, 0.15) is 73.3 Å². The van der Waals surface area contributed by atoms with Crippen LogP contribution < -0.4 is 20.1 Å². The molecule has 2 aromatic carbocycles. The Hall–Kier alpha value is -5.65. The van der Waals surface area contributed by atoms with Crippen LogP contribution in [0.3, 0.4) is 0 Å². The van der Waals surface area contributed by atoms with E-state index in [1.54, 1.807) is 62.7 Å². The molecule has 296 valence electrons. The molecule has 0 saturated carbocycles. The summed E-state index contributed by atoms with van der Waals surface area (Å²) in [6, 6.07) is 13.1. The Bertz CT molecular complexity index is 2170. The van der Waals surface area contributed by atoms with Crippen molar-refractivity contribution in [1.29, 1.82) is 0 Å². The van der Waals surface area contributed by atoms with Crippen LogP contribution in [-0.4, -0.2) is 69.0 Å². The number of aliphatic hydroxyl groups is 1. The van der Waals surface area contributed by atoms with E-state index in [0.29, 0.717) is 21.8 Å². The van der Waals surface area contributed by atoms with Crippen LogP contribution in [0, 0.1) is 11.6 Å². The predicted octanol–water partition coefficient (Wildman–Crippen LogP) is 5.24. The Morgan fingerprint density at radius 1 is 1.09 bits per heavy atom. The van der Waals surface area contributed by atoms with Gasteiger partial charge in [-0.1, -0.05) is 25.1 Å². The molecule has 0 radical (unpaired) electrons. The normalized spacial score (nSPS) is 13.7. The van der Waals surface area contributed by atoms with Crippen LogP contribution >= 0.6 is 11.3 Å². The molecule has 0 spiro atoms. The van der Waals surface area contributed by atoms with Crippen molar-refractivity contribution in [2.75, 3.05) is 25.5 Å². The summed E-state index contributed by atoms with van der Waals surface area (Å²) in [6.45, 7) is 8.52. The van der Waals surface area contributed by atoms with Gasteiger partial charge in [-0.3, -0.25) is 14.5 Å². The molecule has 0 aliphatic carbocycles. The van der Waals surface area contributed by atoms with E-state index in [1.165, 1.54) is 51.4 Å². The molecule has 3 N–H and O–H groups in total. The first-order valence-electron chi connectivity index (χ1n) is 17.7. The second kappa shape index (κ2) is 17.4. The maximum absolute atomic E-state index is 15.5. The number of carbonyl (C=O) groups is 3. The molecule has 14 nitrogen and oxygen atoms in total. The Morgan fingerprint density at radius 3 is 2.52 bits per heavy atom. The first kappa shape index (κ1) is 41.5. The molecule has 17 heteroatoms.